The fourth-order valence-corrected chi connectivity index (χ4v) is 2.01. The summed E-state index contributed by atoms with van der Waals surface area (Å²) in [5, 5.41) is 0. The Morgan fingerprint density at radius 2 is 2.00 bits per heavy atom. The number of hydrogen-bond donors (Lipinski definition) is 0. The van der Waals surface area contributed by atoms with Gasteiger partial charge in [0.2, 0.25) is 0 Å². The topological polar surface area (TPSA) is 52.6 Å². The first-order chi connectivity index (χ1) is 8.69. The van der Waals surface area contributed by atoms with Crippen LogP contribution in [0.4, 0.5) is 0 Å². The van der Waals surface area contributed by atoms with E-state index in [0.717, 1.165) is 11.3 Å². The van der Waals surface area contributed by atoms with Gasteiger partial charge in [-0.25, -0.2) is 0 Å². The number of carbonyl (C=O) groups is 2. The first-order valence-corrected chi connectivity index (χ1v) is 6.15. The van der Waals surface area contributed by atoms with Crippen LogP contribution in [0.2, 0.25) is 0 Å². The molecule has 96 valence electrons. The van der Waals surface area contributed by atoms with Gasteiger partial charge in [-0.2, -0.15) is 0 Å². The van der Waals surface area contributed by atoms with Crippen molar-refractivity contribution in [1.29, 1.82) is 0 Å². The van der Waals surface area contributed by atoms with Gasteiger partial charge in [0.15, 0.2) is 0 Å². The summed E-state index contributed by atoms with van der Waals surface area (Å²) in [5.74, 6) is -0.202. The molecule has 4 heteroatoms. The molecular weight excluding hydrogens is 232 g/mol. The van der Waals surface area contributed by atoms with Crippen molar-refractivity contribution >= 4 is 11.9 Å². The predicted molar refractivity (Wildman–Crippen MR) is 65.1 cm³/mol. The third kappa shape index (κ3) is 3.09. The lowest BCUT2D eigenvalue weighted by Crippen LogP contribution is -2.29. The summed E-state index contributed by atoms with van der Waals surface area (Å²) in [6.07, 6.45) is 1.51. The molecule has 0 radical (unpaired) electrons. The van der Waals surface area contributed by atoms with Crippen LogP contribution in [0.15, 0.2) is 24.3 Å². The summed E-state index contributed by atoms with van der Waals surface area (Å²) < 4.78 is 9.98. The number of benzene rings is 1. The van der Waals surface area contributed by atoms with E-state index in [0.29, 0.717) is 25.9 Å². The second-order valence-electron chi connectivity index (χ2n) is 4.31. The molecule has 1 atom stereocenters. The quantitative estimate of drug-likeness (QED) is 0.605. The molecule has 1 aliphatic heterocycles. The van der Waals surface area contributed by atoms with Gasteiger partial charge in [0.1, 0.15) is 5.75 Å². The molecule has 2 rings (SSSR count). The third-order valence-corrected chi connectivity index (χ3v) is 2.96. The van der Waals surface area contributed by atoms with Crippen LogP contribution in [0.5, 0.6) is 5.75 Å². The predicted octanol–water partition coefficient (Wildman–Crippen LogP) is 2.11. The highest BCUT2D eigenvalue weighted by molar-refractivity contribution is 5.89. The van der Waals surface area contributed by atoms with Crippen LogP contribution in [-0.2, 0) is 20.7 Å². The maximum Gasteiger partial charge on any atom is 0.316 e. The van der Waals surface area contributed by atoms with E-state index in [-0.39, 0.29) is 5.92 Å². The van der Waals surface area contributed by atoms with Crippen LogP contribution in [0.1, 0.15) is 25.3 Å². The Morgan fingerprint density at radius 1 is 1.28 bits per heavy atom. The minimum absolute atomic E-state index is 0.208. The SMILES string of the molecule is CCOc1ccc(CC2CCC(=O)OC2=O)cc1. The first kappa shape index (κ1) is 12.6. The zero-order valence-corrected chi connectivity index (χ0v) is 10.3. The van der Waals surface area contributed by atoms with Crippen molar-refractivity contribution in [2.45, 2.75) is 26.2 Å². The molecule has 1 saturated heterocycles. The molecule has 0 bridgehead atoms. The normalized spacial score (nSPS) is 19.5. The molecule has 18 heavy (non-hydrogen) atoms. The van der Waals surface area contributed by atoms with Crippen molar-refractivity contribution < 1.29 is 19.1 Å². The van der Waals surface area contributed by atoms with Gasteiger partial charge in [-0.3, -0.25) is 9.59 Å². The number of carbonyl (C=O) groups excluding carboxylic acids is 2. The van der Waals surface area contributed by atoms with Gasteiger partial charge in [-0.05, 0) is 37.5 Å². The highest BCUT2D eigenvalue weighted by Gasteiger charge is 2.28. The molecule has 1 aromatic carbocycles. The zero-order chi connectivity index (χ0) is 13.0. The molecular formula is C14H16O4. The molecule has 0 aromatic heterocycles. The van der Waals surface area contributed by atoms with E-state index in [9.17, 15) is 9.59 Å². The molecule has 0 aliphatic carbocycles. The van der Waals surface area contributed by atoms with Gasteiger partial charge < -0.3 is 9.47 Å². The average molecular weight is 248 g/mol. The van der Waals surface area contributed by atoms with E-state index >= 15 is 0 Å². The summed E-state index contributed by atoms with van der Waals surface area (Å²) >= 11 is 0. The highest BCUT2D eigenvalue weighted by atomic mass is 16.6. The summed E-state index contributed by atoms with van der Waals surface area (Å²) in [6.45, 7) is 2.57. The molecule has 1 fully saturated rings. The maximum absolute atomic E-state index is 11.5. The lowest BCUT2D eigenvalue weighted by atomic mass is 9.93. The Morgan fingerprint density at radius 3 is 2.61 bits per heavy atom. The smallest absolute Gasteiger partial charge is 0.316 e. The van der Waals surface area contributed by atoms with Gasteiger partial charge in [0.05, 0.1) is 12.5 Å². The molecule has 1 aromatic rings. The minimum atomic E-state index is -0.414. The van der Waals surface area contributed by atoms with Gasteiger partial charge in [0, 0.05) is 6.42 Å². The van der Waals surface area contributed by atoms with E-state index in [1.54, 1.807) is 0 Å². The Labute approximate surface area is 106 Å². The summed E-state index contributed by atoms with van der Waals surface area (Å²) in [5.41, 5.74) is 1.05. The summed E-state index contributed by atoms with van der Waals surface area (Å²) in [7, 11) is 0. The Balaban J connectivity index is 1.96. The van der Waals surface area contributed by atoms with Crippen molar-refractivity contribution in [3.63, 3.8) is 0 Å². The van der Waals surface area contributed by atoms with Crippen LogP contribution < -0.4 is 4.74 Å². The van der Waals surface area contributed by atoms with E-state index in [2.05, 4.69) is 4.74 Å². The monoisotopic (exact) mass is 248 g/mol. The van der Waals surface area contributed by atoms with E-state index in [1.807, 2.05) is 31.2 Å². The number of esters is 2. The molecule has 0 amide bonds. The number of ether oxygens (including phenoxy) is 2. The third-order valence-electron chi connectivity index (χ3n) is 2.96. The van der Waals surface area contributed by atoms with E-state index < -0.39 is 11.9 Å². The van der Waals surface area contributed by atoms with Crippen molar-refractivity contribution in [2.75, 3.05) is 6.61 Å². The molecule has 4 nitrogen and oxygen atoms in total. The van der Waals surface area contributed by atoms with Crippen molar-refractivity contribution in [3.05, 3.63) is 29.8 Å². The molecule has 1 unspecified atom stereocenters. The minimum Gasteiger partial charge on any atom is -0.494 e. The van der Waals surface area contributed by atoms with Crippen LogP contribution in [0.25, 0.3) is 0 Å². The Kier molecular flexibility index (Phi) is 3.97. The molecule has 1 heterocycles. The zero-order valence-electron chi connectivity index (χ0n) is 10.3. The summed E-state index contributed by atoms with van der Waals surface area (Å²) in [4.78, 5) is 22.4. The van der Waals surface area contributed by atoms with Gasteiger partial charge >= 0.3 is 11.9 Å². The summed E-state index contributed by atoms with van der Waals surface area (Å²) in [6, 6.07) is 7.65. The van der Waals surface area contributed by atoms with Gasteiger partial charge in [-0.15, -0.1) is 0 Å². The largest absolute Gasteiger partial charge is 0.494 e. The number of cyclic esters (lactones) is 2. The van der Waals surface area contributed by atoms with Crippen molar-refractivity contribution in [3.8, 4) is 5.75 Å². The number of rotatable bonds is 4. The van der Waals surface area contributed by atoms with E-state index in [4.69, 9.17) is 4.74 Å². The number of hydrogen-bond acceptors (Lipinski definition) is 4. The average Bonchev–Trinajstić information content (AvgIpc) is 2.35. The first-order valence-electron chi connectivity index (χ1n) is 6.15. The second kappa shape index (κ2) is 5.67. The second-order valence-corrected chi connectivity index (χ2v) is 4.31. The van der Waals surface area contributed by atoms with E-state index in [1.165, 1.54) is 0 Å². The molecule has 0 spiro atoms. The Bertz CT molecular complexity index is 436. The van der Waals surface area contributed by atoms with Gasteiger partial charge in [-0.1, -0.05) is 12.1 Å². The maximum atomic E-state index is 11.5. The molecule has 1 aliphatic rings. The van der Waals surface area contributed by atoms with Crippen LogP contribution in [0.3, 0.4) is 0 Å². The fraction of sp³-hybridized carbons (Fsp3) is 0.429. The van der Waals surface area contributed by atoms with Crippen LogP contribution in [-0.4, -0.2) is 18.5 Å². The highest BCUT2D eigenvalue weighted by Crippen LogP contribution is 2.22. The standard InChI is InChI=1S/C14H16O4/c1-2-17-12-6-3-10(4-7-12)9-11-5-8-13(15)18-14(11)16/h3-4,6-7,11H,2,5,8-9H2,1H3. The Hall–Kier alpha value is -1.84. The lowest BCUT2D eigenvalue weighted by Gasteiger charge is -2.19. The van der Waals surface area contributed by atoms with Crippen molar-refractivity contribution in [1.82, 2.24) is 0 Å². The van der Waals surface area contributed by atoms with Crippen LogP contribution >= 0.6 is 0 Å². The van der Waals surface area contributed by atoms with Crippen LogP contribution in [0, 0.1) is 5.92 Å². The molecule has 0 saturated carbocycles. The lowest BCUT2D eigenvalue weighted by molar-refractivity contribution is -0.167. The van der Waals surface area contributed by atoms with Crippen molar-refractivity contribution in [2.24, 2.45) is 5.92 Å². The fourth-order valence-electron chi connectivity index (χ4n) is 2.01. The van der Waals surface area contributed by atoms with Gasteiger partial charge in [0.25, 0.3) is 0 Å². The molecule has 0 N–H and O–H groups in total.